The molecule has 26 heavy (non-hydrogen) atoms. The summed E-state index contributed by atoms with van der Waals surface area (Å²) in [5.74, 6) is 1.38. The molecule has 1 aromatic heterocycles. The first kappa shape index (κ1) is 16.7. The van der Waals surface area contributed by atoms with Gasteiger partial charge in [0.1, 0.15) is 5.56 Å². The van der Waals surface area contributed by atoms with Gasteiger partial charge in [-0.25, -0.2) is 0 Å². The zero-order valence-electron chi connectivity index (χ0n) is 14.7. The molecule has 2 aliphatic heterocycles. The van der Waals surface area contributed by atoms with Crippen molar-refractivity contribution in [2.45, 2.75) is 13.5 Å². The van der Waals surface area contributed by atoms with Crippen molar-refractivity contribution in [3.05, 3.63) is 57.5 Å². The molecule has 0 saturated carbocycles. The van der Waals surface area contributed by atoms with Crippen LogP contribution in [0.2, 0.25) is 0 Å². The zero-order valence-corrected chi connectivity index (χ0v) is 14.7. The average molecular weight is 355 g/mol. The Balaban J connectivity index is 1.38. The molecule has 2 aromatic rings. The van der Waals surface area contributed by atoms with Gasteiger partial charge in [-0.1, -0.05) is 6.07 Å². The third kappa shape index (κ3) is 3.17. The predicted molar refractivity (Wildman–Crippen MR) is 95.5 cm³/mol. The van der Waals surface area contributed by atoms with Crippen molar-refractivity contribution >= 4 is 5.91 Å². The van der Waals surface area contributed by atoms with Gasteiger partial charge < -0.3 is 19.4 Å². The minimum atomic E-state index is -0.321. The number of nitrogens with one attached hydrogen (secondary N) is 1. The van der Waals surface area contributed by atoms with Gasteiger partial charge >= 0.3 is 0 Å². The van der Waals surface area contributed by atoms with Crippen LogP contribution in [-0.4, -0.2) is 53.7 Å². The maximum atomic E-state index is 12.7. The Morgan fingerprint density at radius 3 is 2.65 bits per heavy atom. The van der Waals surface area contributed by atoms with E-state index in [-0.39, 0.29) is 23.8 Å². The van der Waals surface area contributed by atoms with Crippen LogP contribution in [0.4, 0.5) is 0 Å². The second-order valence-corrected chi connectivity index (χ2v) is 6.62. The fourth-order valence-electron chi connectivity index (χ4n) is 3.41. The van der Waals surface area contributed by atoms with Crippen molar-refractivity contribution in [3.8, 4) is 11.5 Å². The number of pyridine rings is 1. The number of H-pyrrole nitrogens is 1. The number of aromatic amines is 1. The minimum Gasteiger partial charge on any atom is -0.454 e. The topological polar surface area (TPSA) is 74.9 Å². The lowest BCUT2D eigenvalue weighted by atomic mass is 10.1. The molecule has 1 amide bonds. The Labute approximate surface area is 151 Å². The van der Waals surface area contributed by atoms with Crippen LogP contribution >= 0.6 is 0 Å². The van der Waals surface area contributed by atoms with Crippen molar-refractivity contribution in [1.29, 1.82) is 0 Å². The monoisotopic (exact) mass is 355 g/mol. The number of piperazine rings is 1. The van der Waals surface area contributed by atoms with Crippen LogP contribution in [0.1, 0.15) is 21.5 Å². The van der Waals surface area contributed by atoms with E-state index in [0.29, 0.717) is 18.7 Å². The normalized spacial score (nSPS) is 16.7. The second kappa shape index (κ2) is 6.84. The lowest BCUT2D eigenvalue weighted by Gasteiger charge is -2.34. The number of aromatic nitrogens is 1. The van der Waals surface area contributed by atoms with E-state index in [1.807, 2.05) is 18.2 Å². The van der Waals surface area contributed by atoms with E-state index >= 15 is 0 Å². The summed E-state index contributed by atoms with van der Waals surface area (Å²) in [6, 6.07) is 7.73. The molecule has 0 atom stereocenters. The second-order valence-electron chi connectivity index (χ2n) is 6.62. The van der Waals surface area contributed by atoms with Gasteiger partial charge in [0.15, 0.2) is 11.5 Å². The fraction of sp³-hybridized carbons (Fsp3) is 0.368. The summed E-state index contributed by atoms with van der Waals surface area (Å²) in [5.41, 5.74) is 1.79. The van der Waals surface area contributed by atoms with Crippen LogP contribution in [-0.2, 0) is 6.54 Å². The molecule has 1 fully saturated rings. The largest absolute Gasteiger partial charge is 0.454 e. The Hall–Kier alpha value is -2.80. The van der Waals surface area contributed by atoms with E-state index in [1.165, 1.54) is 0 Å². The summed E-state index contributed by atoms with van der Waals surface area (Å²) in [5, 5.41) is 0. The van der Waals surface area contributed by atoms with Crippen LogP contribution < -0.4 is 15.0 Å². The number of benzene rings is 1. The Bertz CT molecular complexity index is 885. The molecule has 7 nitrogen and oxygen atoms in total. The van der Waals surface area contributed by atoms with Crippen molar-refractivity contribution in [2.24, 2.45) is 0 Å². The van der Waals surface area contributed by atoms with Crippen molar-refractivity contribution in [3.63, 3.8) is 0 Å². The molecule has 3 heterocycles. The SMILES string of the molecule is Cc1cc[nH]c(=O)c1C(=O)N1CCN(Cc2ccc3c(c2)OCO3)CC1. The molecule has 1 aromatic carbocycles. The highest BCUT2D eigenvalue weighted by molar-refractivity contribution is 5.95. The molecule has 7 heteroatoms. The number of rotatable bonds is 3. The number of nitrogens with zero attached hydrogens (tertiary/aromatic N) is 2. The minimum absolute atomic E-state index is 0.188. The van der Waals surface area contributed by atoms with Gasteiger partial charge in [0.2, 0.25) is 6.79 Å². The first-order valence-corrected chi connectivity index (χ1v) is 8.70. The van der Waals surface area contributed by atoms with Gasteiger partial charge in [0, 0.05) is 38.9 Å². The Morgan fingerprint density at radius 1 is 1.12 bits per heavy atom. The summed E-state index contributed by atoms with van der Waals surface area (Å²) in [7, 11) is 0. The number of amides is 1. The maximum Gasteiger partial charge on any atom is 0.261 e. The summed E-state index contributed by atoms with van der Waals surface area (Å²) < 4.78 is 10.8. The van der Waals surface area contributed by atoms with E-state index in [4.69, 9.17) is 9.47 Å². The molecule has 0 radical (unpaired) electrons. The number of aryl methyl sites for hydroxylation is 1. The highest BCUT2D eigenvalue weighted by Gasteiger charge is 2.25. The van der Waals surface area contributed by atoms with Gasteiger partial charge in [0.05, 0.1) is 0 Å². The Morgan fingerprint density at radius 2 is 1.88 bits per heavy atom. The summed E-state index contributed by atoms with van der Waals surface area (Å²) >= 11 is 0. The van der Waals surface area contributed by atoms with Gasteiger partial charge in [-0.2, -0.15) is 0 Å². The van der Waals surface area contributed by atoms with Gasteiger partial charge in [0.25, 0.3) is 11.5 Å². The fourth-order valence-corrected chi connectivity index (χ4v) is 3.41. The molecule has 1 N–H and O–H groups in total. The van der Waals surface area contributed by atoms with E-state index in [0.717, 1.165) is 36.7 Å². The third-order valence-corrected chi connectivity index (χ3v) is 4.89. The van der Waals surface area contributed by atoms with Crippen LogP contribution in [0.25, 0.3) is 0 Å². The molecular weight excluding hydrogens is 334 g/mol. The predicted octanol–water partition coefficient (Wildman–Crippen LogP) is 1.37. The molecule has 136 valence electrons. The van der Waals surface area contributed by atoms with Crippen molar-refractivity contribution < 1.29 is 14.3 Å². The average Bonchev–Trinajstić information content (AvgIpc) is 3.10. The number of fused-ring (bicyclic) bond motifs is 1. The molecule has 0 aliphatic carbocycles. The smallest absolute Gasteiger partial charge is 0.261 e. The van der Waals surface area contributed by atoms with Gasteiger partial charge in [-0.15, -0.1) is 0 Å². The zero-order chi connectivity index (χ0) is 18.1. The van der Waals surface area contributed by atoms with Crippen LogP contribution in [0.3, 0.4) is 0 Å². The quantitative estimate of drug-likeness (QED) is 0.900. The number of carbonyl (C=O) groups is 1. The van der Waals surface area contributed by atoms with Crippen LogP contribution in [0.15, 0.2) is 35.3 Å². The van der Waals surface area contributed by atoms with E-state index < -0.39 is 0 Å². The molecule has 2 aliphatic rings. The summed E-state index contributed by atoms with van der Waals surface area (Å²) in [6.45, 7) is 5.61. The van der Waals surface area contributed by atoms with Crippen molar-refractivity contribution in [2.75, 3.05) is 33.0 Å². The first-order valence-electron chi connectivity index (χ1n) is 8.70. The first-order chi connectivity index (χ1) is 12.6. The highest BCUT2D eigenvalue weighted by atomic mass is 16.7. The maximum absolute atomic E-state index is 12.7. The molecule has 1 saturated heterocycles. The third-order valence-electron chi connectivity index (χ3n) is 4.89. The molecular formula is C19H21N3O4. The van der Waals surface area contributed by atoms with E-state index in [1.54, 1.807) is 24.1 Å². The standard InChI is InChI=1S/C19H21N3O4/c1-13-4-5-20-18(23)17(13)19(24)22-8-6-21(7-9-22)11-14-2-3-15-16(10-14)26-12-25-15/h2-5,10H,6-9,11-12H2,1H3,(H,20,23). The summed E-state index contributed by atoms with van der Waals surface area (Å²) in [4.78, 5) is 31.3. The number of ether oxygens (including phenoxy) is 2. The number of carbonyl (C=O) groups excluding carboxylic acids is 1. The Kier molecular flexibility index (Phi) is 4.38. The van der Waals surface area contributed by atoms with Crippen molar-refractivity contribution in [1.82, 2.24) is 14.8 Å². The molecule has 0 bridgehead atoms. The van der Waals surface area contributed by atoms with Crippen LogP contribution in [0, 0.1) is 6.92 Å². The lowest BCUT2D eigenvalue weighted by molar-refractivity contribution is 0.0626. The molecule has 0 unspecified atom stereocenters. The van der Waals surface area contributed by atoms with Gasteiger partial charge in [-0.3, -0.25) is 14.5 Å². The number of hydrogen-bond donors (Lipinski definition) is 1. The number of hydrogen-bond acceptors (Lipinski definition) is 5. The van der Waals surface area contributed by atoms with E-state index in [2.05, 4.69) is 9.88 Å². The van der Waals surface area contributed by atoms with Crippen LogP contribution in [0.5, 0.6) is 11.5 Å². The summed E-state index contributed by atoms with van der Waals surface area (Å²) in [6.07, 6.45) is 1.57. The lowest BCUT2D eigenvalue weighted by Crippen LogP contribution is -2.49. The van der Waals surface area contributed by atoms with E-state index in [9.17, 15) is 9.59 Å². The molecule has 4 rings (SSSR count). The molecule has 0 spiro atoms. The van der Waals surface area contributed by atoms with Gasteiger partial charge in [-0.05, 0) is 36.2 Å². The highest BCUT2D eigenvalue weighted by Crippen LogP contribution is 2.32.